The molecule has 2 heterocycles. The summed E-state index contributed by atoms with van der Waals surface area (Å²) in [5.74, 6) is 0.220. The van der Waals surface area contributed by atoms with E-state index in [2.05, 4.69) is 22.5 Å². The van der Waals surface area contributed by atoms with Crippen LogP contribution in [0, 0.1) is 0 Å². The number of hydrogen-bond donors (Lipinski definition) is 2. The fourth-order valence-corrected chi connectivity index (χ4v) is 2.86. The standard InChI is InChI=1S/C12H23N3O/c1-2-8-15-9-3-4-12(5-10-15)11(16)13-6-7-14-12/h14H,2-10H2,1H3,(H,13,16). The van der Waals surface area contributed by atoms with E-state index in [0.29, 0.717) is 0 Å². The number of hydrogen-bond acceptors (Lipinski definition) is 3. The maximum absolute atomic E-state index is 12.0. The molecule has 0 bridgehead atoms. The summed E-state index contributed by atoms with van der Waals surface area (Å²) in [5, 5.41) is 6.45. The Hall–Kier alpha value is -0.610. The molecule has 1 atom stereocenters. The maximum Gasteiger partial charge on any atom is 0.240 e. The van der Waals surface area contributed by atoms with Gasteiger partial charge in [-0.15, -0.1) is 0 Å². The number of carbonyl (C=O) groups excluding carboxylic acids is 1. The van der Waals surface area contributed by atoms with Crippen molar-refractivity contribution >= 4 is 5.91 Å². The Balaban J connectivity index is 1.98. The van der Waals surface area contributed by atoms with Crippen molar-refractivity contribution in [2.45, 2.75) is 38.1 Å². The van der Waals surface area contributed by atoms with Crippen LogP contribution in [0.1, 0.15) is 32.6 Å². The molecule has 4 nitrogen and oxygen atoms in total. The highest BCUT2D eigenvalue weighted by Gasteiger charge is 2.40. The number of piperazine rings is 1. The number of amides is 1. The molecule has 2 aliphatic rings. The van der Waals surface area contributed by atoms with Crippen LogP contribution < -0.4 is 10.6 Å². The molecule has 1 amide bonds. The fraction of sp³-hybridized carbons (Fsp3) is 0.917. The lowest BCUT2D eigenvalue weighted by Gasteiger charge is -2.36. The Morgan fingerprint density at radius 3 is 2.94 bits per heavy atom. The SMILES string of the molecule is CCCN1CCCC2(CC1)NCCNC2=O. The molecule has 1 spiro atoms. The average Bonchev–Trinajstić information content (AvgIpc) is 2.48. The Bertz CT molecular complexity index is 257. The molecule has 92 valence electrons. The lowest BCUT2D eigenvalue weighted by molar-refractivity contribution is -0.129. The summed E-state index contributed by atoms with van der Waals surface area (Å²) in [4.78, 5) is 14.5. The molecule has 0 saturated carbocycles. The maximum atomic E-state index is 12.0. The second-order valence-corrected chi connectivity index (χ2v) is 4.96. The summed E-state index contributed by atoms with van der Waals surface area (Å²) < 4.78 is 0. The van der Waals surface area contributed by atoms with Crippen LogP contribution in [0.15, 0.2) is 0 Å². The summed E-state index contributed by atoms with van der Waals surface area (Å²) in [7, 11) is 0. The highest BCUT2D eigenvalue weighted by atomic mass is 16.2. The molecule has 2 fully saturated rings. The molecule has 0 aromatic rings. The van der Waals surface area contributed by atoms with Gasteiger partial charge in [-0.2, -0.15) is 0 Å². The van der Waals surface area contributed by atoms with Crippen LogP contribution in [0.5, 0.6) is 0 Å². The van der Waals surface area contributed by atoms with Gasteiger partial charge in [-0.3, -0.25) is 4.79 Å². The van der Waals surface area contributed by atoms with E-state index in [4.69, 9.17) is 0 Å². The van der Waals surface area contributed by atoms with E-state index in [1.165, 1.54) is 6.42 Å². The van der Waals surface area contributed by atoms with E-state index >= 15 is 0 Å². The van der Waals surface area contributed by atoms with Gasteiger partial charge in [-0.05, 0) is 38.8 Å². The minimum absolute atomic E-state index is 0.220. The summed E-state index contributed by atoms with van der Waals surface area (Å²) >= 11 is 0. The predicted octanol–water partition coefficient (Wildman–Crippen LogP) is 0.341. The van der Waals surface area contributed by atoms with Gasteiger partial charge >= 0.3 is 0 Å². The average molecular weight is 225 g/mol. The summed E-state index contributed by atoms with van der Waals surface area (Å²) in [6, 6.07) is 0. The van der Waals surface area contributed by atoms with Crippen molar-refractivity contribution in [2.24, 2.45) is 0 Å². The van der Waals surface area contributed by atoms with Gasteiger partial charge in [-0.1, -0.05) is 6.92 Å². The van der Waals surface area contributed by atoms with Gasteiger partial charge in [0, 0.05) is 19.6 Å². The molecule has 0 aromatic carbocycles. The number of nitrogens with zero attached hydrogens (tertiary/aromatic N) is 1. The molecule has 0 radical (unpaired) electrons. The van der Waals surface area contributed by atoms with Gasteiger partial charge in [0.1, 0.15) is 0 Å². The van der Waals surface area contributed by atoms with Crippen molar-refractivity contribution in [2.75, 3.05) is 32.7 Å². The van der Waals surface area contributed by atoms with E-state index < -0.39 is 0 Å². The zero-order chi connectivity index (χ0) is 11.4. The molecule has 2 aliphatic heterocycles. The third-order valence-electron chi connectivity index (χ3n) is 3.78. The quantitative estimate of drug-likeness (QED) is 0.712. The first-order valence-electron chi connectivity index (χ1n) is 6.52. The normalized spacial score (nSPS) is 32.4. The van der Waals surface area contributed by atoms with Crippen molar-refractivity contribution in [1.82, 2.24) is 15.5 Å². The minimum atomic E-state index is -0.263. The topological polar surface area (TPSA) is 44.4 Å². The van der Waals surface area contributed by atoms with E-state index in [9.17, 15) is 4.79 Å². The monoisotopic (exact) mass is 225 g/mol. The van der Waals surface area contributed by atoms with E-state index in [-0.39, 0.29) is 11.4 Å². The fourth-order valence-electron chi connectivity index (χ4n) is 2.86. The zero-order valence-electron chi connectivity index (χ0n) is 10.2. The van der Waals surface area contributed by atoms with Crippen LogP contribution in [0.4, 0.5) is 0 Å². The molecule has 0 aliphatic carbocycles. The Morgan fingerprint density at radius 2 is 2.19 bits per heavy atom. The van der Waals surface area contributed by atoms with E-state index in [0.717, 1.165) is 52.0 Å². The second kappa shape index (κ2) is 5.15. The number of nitrogens with one attached hydrogen (secondary N) is 2. The zero-order valence-corrected chi connectivity index (χ0v) is 10.2. The highest BCUT2D eigenvalue weighted by Crippen LogP contribution is 2.24. The van der Waals surface area contributed by atoms with Crippen LogP contribution in [0.25, 0.3) is 0 Å². The van der Waals surface area contributed by atoms with Gasteiger partial charge in [-0.25, -0.2) is 0 Å². The van der Waals surface area contributed by atoms with E-state index in [1.807, 2.05) is 0 Å². The minimum Gasteiger partial charge on any atom is -0.353 e. The van der Waals surface area contributed by atoms with Gasteiger partial charge in [0.2, 0.25) is 5.91 Å². The lowest BCUT2D eigenvalue weighted by atomic mass is 9.88. The predicted molar refractivity (Wildman–Crippen MR) is 64.3 cm³/mol. The Morgan fingerprint density at radius 1 is 1.31 bits per heavy atom. The third-order valence-corrected chi connectivity index (χ3v) is 3.78. The molecule has 16 heavy (non-hydrogen) atoms. The Labute approximate surface area is 97.8 Å². The molecule has 2 rings (SSSR count). The number of carbonyl (C=O) groups is 1. The van der Waals surface area contributed by atoms with Crippen LogP contribution >= 0.6 is 0 Å². The first kappa shape index (κ1) is 11.9. The van der Waals surface area contributed by atoms with Crippen molar-refractivity contribution in [3.8, 4) is 0 Å². The van der Waals surface area contributed by atoms with Crippen molar-refractivity contribution in [1.29, 1.82) is 0 Å². The number of likely N-dealkylation sites (tertiary alicyclic amines) is 1. The van der Waals surface area contributed by atoms with Gasteiger partial charge in [0.15, 0.2) is 0 Å². The third kappa shape index (κ3) is 2.38. The smallest absolute Gasteiger partial charge is 0.240 e. The second-order valence-electron chi connectivity index (χ2n) is 4.96. The molecular weight excluding hydrogens is 202 g/mol. The molecule has 1 unspecified atom stereocenters. The summed E-state index contributed by atoms with van der Waals surface area (Å²) in [5.41, 5.74) is -0.263. The van der Waals surface area contributed by atoms with Crippen LogP contribution in [-0.4, -0.2) is 49.1 Å². The van der Waals surface area contributed by atoms with Gasteiger partial charge < -0.3 is 15.5 Å². The Kier molecular flexibility index (Phi) is 3.82. The van der Waals surface area contributed by atoms with Crippen molar-refractivity contribution < 1.29 is 4.79 Å². The first-order valence-corrected chi connectivity index (χ1v) is 6.52. The van der Waals surface area contributed by atoms with Crippen LogP contribution in [0.3, 0.4) is 0 Å². The molecular formula is C12H23N3O. The van der Waals surface area contributed by atoms with E-state index in [1.54, 1.807) is 0 Å². The molecule has 2 saturated heterocycles. The van der Waals surface area contributed by atoms with Gasteiger partial charge in [0.25, 0.3) is 0 Å². The van der Waals surface area contributed by atoms with Crippen molar-refractivity contribution in [3.63, 3.8) is 0 Å². The first-order chi connectivity index (χ1) is 7.77. The molecule has 2 N–H and O–H groups in total. The highest BCUT2D eigenvalue weighted by molar-refractivity contribution is 5.87. The molecule has 0 aromatic heterocycles. The largest absolute Gasteiger partial charge is 0.353 e. The summed E-state index contributed by atoms with van der Waals surface area (Å²) in [6.45, 7) is 7.27. The van der Waals surface area contributed by atoms with Crippen LogP contribution in [-0.2, 0) is 4.79 Å². The summed E-state index contributed by atoms with van der Waals surface area (Å²) in [6.07, 6.45) is 4.27. The van der Waals surface area contributed by atoms with Gasteiger partial charge in [0.05, 0.1) is 5.54 Å². The van der Waals surface area contributed by atoms with Crippen molar-refractivity contribution in [3.05, 3.63) is 0 Å². The molecule has 4 heteroatoms. The van der Waals surface area contributed by atoms with Crippen LogP contribution in [0.2, 0.25) is 0 Å². The lowest BCUT2D eigenvalue weighted by Crippen LogP contribution is -2.63. The number of rotatable bonds is 2.